The van der Waals surface area contributed by atoms with E-state index < -0.39 is 0 Å². The molecule has 0 unspecified atom stereocenters. The first-order valence-electron chi connectivity index (χ1n) is 3.26. The first kappa shape index (κ1) is 8.48. The average Bonchev–Trinajstić information content (AvgIpc) is 1.63. The molecule has 0 N–H and O–H groups in total. The Morgan fingerprint density at radius 1 is 1.56 bits per heavy atom. The molecule has 9 heavy (non-hydrogen) atoms. The van der Waals surface area contributed by atoms with Gasteiger partial charge in [-0.3, -0.25) is 0 Å². The zero-order valence-electron chi connectivity index (χ0n) is 6.70. The van der Waals surface area contributed by atoms with Crippen LogP contribution in [-0.4, -0.2) is 0 Å². The molecule has 0 heterocycles. The molecule has 0 bridgehead atoms. The third-order valence-corrected chi connectivity index (χ3v) is 1.31. The summed E-state index contributed by atoms with van der Waals surface area (Å²) in [6.45, 7) is 14.0. The van der Waals surface area contributed by atoms with Gasteiger partial charge in [0.25, 0.3) is 0 Å². The van der Waals surface area contributed by atoms with Gasteiger partial charge in [-0.25, -0.2) is 0 Å². The van der Waals surface area contributed by atoms with Crippen LogP contribution in [0.2, 0.25) is 0 Å². The van der Waals surface area contributed by atoms with Crippen LogP contribution in [0, 0.1) is 5.41 Å². The maximum atomic E-state index is 3.84. The van der Waals surface area contributed by atoms with Gasteiger partial charge in [0, 0.05) is 0 Å². The van der Waals surface area contributed by atoms with Crippen LogP contribution in [0.25, 0.3) is 0 Å². The van der Waals surface area contributed by atoms with Crippen molar-refractivity contribution in [2.24, 2.45) is 5.41 Å². The summed E-state index contributed by atoms with van der Waals surface area (Å²) >= 11 is 0. The molecule has 0 spiro atoms. The highest BCUT2D eigenvalue weighted by Gasteiger charge is 2.11. The molecule has 0 rings (SSSR count). The van der Waals surface area contributed by atoms with Gasteiger partial charge < -0.3 is 0 Å². The topological polar surface area (TPSA) is 0 Å². The van der Waals surface area contributed by atoms with Crippen LogP contribution in [0.1, 0.15) is 27.2 Å². The maximum Gasteiger partial charge on any atom is -0.0141 e. The molecule has 0 fully saturated rings. The highest BCUT2D eigenvalue weighted by molar-refractivity contribution is 5.00. The predicted octanol–water partition coefficient (Wildman–Crippen LogP) is 3.16. The molecule has 0 saturated heterocycles. The van der Waals surface area contributed by atoms with E-state index in [4.69, 9.17) is 0 Å². The summed E-state index contributed by atoms with van der Waals surface area (Å²) in [5.41, 5.74) is 1.45. The van der Waals surface area contributed by atoms with Gasteiger partial charge in [-0.05, 0) is 18.8 Å². The van der Waals surface area contributed by atoms with Crippen molar-refractivity contribution in [1.29, 1.82) is 0 Å². The molecule has 0 radical (unpaired) electrons. The summed E-state index contributed by atoms with van der Waals surface area (Å²) in [5, 5.41) is 0. The second-order valence-electron chi connectivity index (χ2n) is 3.33. The first-order chi connectivity index (χ1) is 3.98. The average molecular weight is 124 g/mol. The standard InChI is InChI=1S/C9H16/c1-6-9(4,5)7-8(2)3/h6H,1-2,7H2,3-5H3. The summed E-state index contributed by atoms with van der Waals surface area (Å²) in [4.78, 5) is 0. The molecule has 0 nitrogen and oxygen atoms in total. The largest absolute Gasteiger partial charge is 0.103 e. The van der Waals surface area contributed by atoms with Crippen LogP contribution in [0.5, 0.6) is 0 Å². The lowest BCUT2D eigenvalue weighted by atomic mass is 9.87. The molecular formula is C9H16. The van der Waals surface area contributed by atoms with Crippen LogP contribution < -0.4 is 0 Å². The maximum absolute atomic E-state index is 3.84. The smallest absolute Gasteiger partial charge is 0.0141 e. The molecule has 0 aromatic carbocycles. The second-order valence-corrected chi connectivity index (χ2v) is 3.33. The van der Waals surface area contributed by atoms with Gasteiger partial charge in [0.15, 0.2) is 0 Å². The van der Waals surface area contributed by atoms with E-state index in [1.54, 1.807) is 0 Å². The Balaban J connectivity index is 3.86. The second kappa shape index (κ2) is 2.86. The number of hydrogen-bond acceptors (Lipinski definition) is 0. The lowest BCUT2D eigenvalue weighted by Crippen LogP contribution is -2.06. The lowest BCUT2D eigenvalue weighted by Gasteiger charge is -2.18. The monoisotopic (exact) mass is 124 g/mol. The van der Waals surface area contributed by atoms with E-state index in [-0.39, 0.29) is 5.41 Å². The number of hydrogen-bond donors (Lipinski definition) is 0. The zero-order valence-corrected chi connectivity index (χ0v) is 6.70. The van der Waals surface area contributed by atoms with E-state index >= 15 is 0 Å². The Hall–Kier alpha value is -0.520. The van der Waals surface area contributed by atoms with E-state index in [1.807, 2.05) is 13.0 Å². The van der Waals surface area contributed by atoms with Gasteiger partial charge >= 0.3 is 0 Å². The van der Waals surface area contributed by atoms with Crippen molar-refractivity contribution in [2.75, 3.05) is 0 Å². The highest BCUT2D eigenvalue weighted by atomic mass is 14.2. The molecule has 0 amide bonds. The Morgan fingerprint density at radius 2 is 2.00 bits per heavy atom. The molecule has 0 aromatic heterocycles. The van der Waals surface area contributed by atoms with Crippen molar-refractivity contribution < 1.29 is 0 Å². The fourth-order valence-corrected chi connectivity index (χ4v) is 0.850. The van der Waals surface area contributed by atoms with Crippen molar-refractivity contribution in [3.8, 4) is 0 Å². The van der Waals surface area contributed by atoms with Gasteiger partial charge in [-0.1, -0.05) is 25.5 Å². The zero-order chi connectivity index (χ0) is 7.49. The van der Waals surface area contributed by atoms with Crippen LogP contribution in [0.15, 0.2) is 24.8 Å². The third-order valence-electron chi connectivity index (χ3n) is 1.31. The Kier molecular flexibility index (Phi) is 2.69. The van der Waals surface area contributed by atoms with Crippen LogP contribution in [0.3, 0.4) is 0 Å². The SMILES string of the molecule is C=CC(C)(C)CC(=C)C. The van der Waals surface area contributed by atoms with Crippen molar-refractivity contribution in [3.63, 3.8) is 0 Å². The molecule has 0 heteroatoms. The summed E-state index contributed by atoms with van der Waals surface area (Å²) in [6, 6.07) is 0. The summed E-state index contributed by atoms with van der Waals surface area (Å²) in [6.07, 6.45) is 3.01. The minimum Gasteiger partial charge on any atom is -0.103 e. The highest BCUT2D eigenvalue weighted by Crippen LogP contribution is 2.24. The minimum atomic E-state index is 0.228. The van der Waals surface area contributed by atoms with Crippen molar-refractivity contribution in [2.45, 2.75) is 27.2 Å². The normalized spacial score (nSPS) is 11.0. The Labute approximate surface area is 58.3 Å². The van der Waals surface area contributed by atoms with E-state index in [0.29, 0.717) is 0 Å². The van der Waals surface area contributed by atoms with Gasteiger partial charge in [-0.2, -0.15) is 0 Å². The van der Waals surface area contributed by atoms with E-state index in [9.17, 15) is 0 Å². The van der Waals surface area contributed by atoms with Gasteiger partial charge in [0.2, 0.25) is 0 Å². The van der Waals surface area contributed by atoms with Gasteiger partial charge in [0.05, 0.1) is 0 Å². The molecule has 0 aromatic rings. The Morgan fingerprint density at radius 3 is 2.11 bits per heavy atom. The van der Waals surface area contributed by atoms with Gasteiger partial charge in [0.1, 0.15) is 0 Å². The lowest BCUT2D eigenvalue weighted by molar-refractivity contribution is 0.477. The van der Waals surface area contributed by atoms with E-state index in [0.717, 1.165) is 6.42 Å². The van der Waals surface area contributed by atoms with Crippen LogP contribution in [-0.2, 0) is 0 Å². The summed E-state index contributed by atoms with van der Waals surface area (Å²) < 4.78 is 0. The van der Waals surface area contributed by atoms with Gasteiger partial charge in [-0.15, -0.1) is 13.2 Å². The van der Waals surface area contributed by atoms with Crippen molar-refractivity contribution >= 4 is 0 Å². The fourth-order valence-electron chi connectivity index (χ4n) is 0.850. The fraction of sp³-hybridized carbons (Fsp3) is 0.556. The van der Waals surface area contributed by atoms with E-state index in [2.05, 4.69) is 27.0 Å². The molecular weight excluding hydrogens is 108 g/mol. The molecule has 0 atom stereocenters. The number of rotatable bonds is 3. The predicted molar refractivity (Wildman–Crippen MR) is 43.4 cm³/mol. The molecule has 0 aliphatic carbocycles. The van der Waals surface area contributed by atoms with Crippen LogP contribution >= 0.6 is 0 Å². The first-order valence-corrected chi connectivity index (χ1v) is 3.26. The molecule has 0 saturated carbocycles. The van der Waals surface area contributed by atoms with E-state index in [1.165, 1.54) is 5.57 Å². The summed E-state index contributed by atoms with van der Waals surface area (Å²) in [7, 11) is 0. The molecule has 52 valence electrons. The summed E-state index contributed by atoms with van der Waals surface area (Å²) in [5.74, 6) is 0. The molecule has 0 aliphatic rings. The third kappa shape index (κ3) is 4.01. The van der Waals surface area contributed by atoms with Crippen molar-refractivity contribution in [3.05, 3.63) is 24.8 Å². The minimum absolute atomic E-state index is 0.228. The molecule has 0 aliphatic heterocycles. The Bertz CT molecular complexity index is 118. The number of allylic oxidation sites excluding steroid dienone is 2. The quantitative estimate of drug-likeness (QED) is 0.507. The van der Waals surface area contributed by atoms with Crippen molar-refractivity contribution in [1.82, 2.24) is 0 Å². The van der Waals surface area contributed by atoms with Crippen LogP contribution in [0.4, 0.5) is 0 Å².